The number of rotatable bonds is 4. The molecule has 1 unspecified atom stereocenters. The van der Waals surface area contributed by atoms with Gasteiger partial charge in [-0.3, -0.25) is 9.79 Å². The number of amides is 1. The average molecular weight is 524 g/mol. The number of hydrogen-bond acceptors (Lipinski definition) is 4. The Labute approximate surface area is 179 Å². The van der Waals surface area contributed by atoms with Gasteiger partial charge in [-0.25, -0.2) is 0 Å². The van der Waals surface area contributed by atoms with Crippen molar-refractivity contribution in [1.82, 2.24) is 15.5 Å². The van der Waals surface area contributed by atoms with Crippen LogP contribution in [-0.4, -0.2) is 78.4 Å². The molecule has 1 atom stereocenters. The van der Waals surface area contributed by atoms with Crippen LogP contribution in [0.2, 0.25) is 0 Å². The van der Waals surface area contributed by atoms with E-state index in [0.29, 0.717) is 0 Å². The lowest BCUT2D eigenvalue weighted by Crippen LogP contribution is -2.49. The molecule has 1 saturated heterocycles. The summed E-state index contributed by atoms with van der Waals surface area (Å²) in [6.07, 6.45) is -4.03. The van der Waals surface area contributed by atoms with Gasteiger partial charge in [-0.05, 0) is 25.7 Å². The van der Waals surface area contributed by atoms with Crippen LogP contribution in [0.1, 0.15) is 25.7 Å². The van der Waals surface area contributed by atoms with Gasteiger partial charge in [-0.2, -0.15) is 24.9 Å². The number of nitrogens with one attached hydrogen (secondary N) is 2. The molecule has 2 rings (SSSR count). The predicted molar refractivity (Wildman–Crippen MR) is 112 cm³/mol. The molecule has 1 aliphatic carbocycles. The number of aliphatic hydroxyl groups is 1. The summed E-state index contributed by atoms with van der Waals surface area (Å²) in [4.78, 5) is 18.4. The Balaban J connectivity index is 0.00000364. The number of halogens is 4. The van der Waals surface area contributed by atoms with Crippen molar-refractivity contribution in [3.8, 4) is 0 Å². The summed E-state index contributed by atoms with van der Waals surface area (Å²) >= 11 is 1.87. The lowest BCUT2D eigenvalue weighted by Gasteiger charge is -2.34. The molecular formula is C16H28F3IN4O2S. The molecule has 1 amide bonds. The Morgan fingerprint density at radius 2 is 1.85 bits per heavy atom. The molecule has 27 heavy (non-hydrogen) atoms. The smallest absolute Gasteiger partial charge is 0.382 e. The fraction of sp³-hybridized carbons (Fsp3) is 0.875. The van der Waals surface area contributed by atoms with Crippen LogP contribution in [-0.2, 0) is 4.79 Å². The summed E-state index contributed by atoms with van der Waals surface area (Å²) in [7, 11) is 1.47. The minimum absolute atomic E-state index is 0. The van der Waals surface area contributed by atoms with Crippen molar-refractivity contribution < 1.29 is 23.1 Å². The predicted octanol–water partition coefficient (Wildman–Crippen LogP) is 1.83. The second-order valence-electron chi connectivity index (χ2n) is 6.64. The van der Waals surface area contributed by atoms with Crippen LogP contribution >= 0.6 is 35.7 Å². The number of nitrogens with zero attached hydrogens (tertiary/aromatic N) is 2. The van der Waals surface area contributed by atoms with Crippen LogP contribution < -0.4 is 10.6 Å². The minimum Gasteiger partial charge on any atom is -0.382 e. The van der Waals surface area contributed by atoms with E-state index in [-0.39, 0.29) is 47.8 Å². The molecule has 1 heterocycles. The van der Waals surface area contributed by atoms with E-state index in [4.69, 9.17) is 5.11 Å². The third kappa shape index (κ3) is 7.84. The molecule has 0 spiro atoms. The van der Waals surface area contributed by atoms with Crippen molar-refractivity contribution in [1.29, 1.82) is 0 Å². The summed E-state index contributed by atoms with van der Waals surface area (Å²) in [5.74, 6) is 2.50. The number of hydrogen-bond donors (Lipinski definition) is 3. The van der Waals surface area contributed by atoms with Gasteiger partial charge in [-0.1, -0.05) is 0 Å². The third-order valence-electron chi connectivity index (χ3n) is 4.80. The normalized spacial score (nSPS) is 25.4. The lowest BCUT2D eigenvalue weighted by molar-refractivity contribution is -0.201. The van der Waals surface area contributed by atoms with Gasteiger partial charge in [0.2, 0.25) is 5.91 Å². The van der Waals surface area contributed by atoms with Gasteiger partial charge < -0.3 is 20.6 Å². The molecular weight excluding hydrogens is 496 g/mol. The molecule has 11 heteroatoms. The lowest BCUT2D eigenvalue weighted by atomic mass is 9.85. The van der Waals surface area contributed by atoms with Gasteiger partial charge in [0.05, 0.1) is 6.54 Å². The SMILES string of the molecule is CN=C(NCC(O)C(F)(F)F)NC1CCC(C(=O)N2CCSCC2)CC1.I. The number of aliphatic imine (C=N–C) groups is 1. The molecule has 0 aromatic carbocycles. The maximum absolute atomic E-state index is 12.5. The van der Waals surface area contributed by atoms with Gasteiger partial charge in [0.1, 0.15) is 0 Å². The maximum Gasteiger partial charge on any atom is 0.416 e. The Morgan fingerprint density at radius 3 is 2.37 bits per heavy atom. The van der Waals surface area contributed by atoms with Crippen LogP contribution in [0.4, 0.5) is 13.2 Å². The summed E-state index contributed by atoms with van der Waals surface area (Å²) in [6, 6.07) is 0.0604. The van der Waals surface area contributed by atoms with Crippen molar-refractivity contribution in [3.05, 3.63) is 0 Å². The van der Waals surface area contributed by atoms with Crippen molar-refractivity contribution in [2.45, 2.75) is 44.0 Å². The van der Waals surface area contributed by atoms with Crippen molar-refractivity contribution in [2.75, 3.05) is 38.2 Å². The standard InChI is InChI=1S/C16H27F3N4O2S.HI/c1-20-15(21-10-13(24)16(17,18)19)22-12-4-2-11(3-5-12)14(25)23-6-8-26-9-7-23;/h11-13,24H,2-10H2,1H3,(H2,20,21,22);1H. The van der Waals surface area contributed by atoms with Gasteiger partial charge in [-0.15, -0.1) is 24.0 Å². The van der Waals surface area contributed by atoms with Gasteiger partial charge in [0.25, 0.3) is 0 Å². The zero-order chi connectivity index (χ0) is 19.2. The topological polar surface area (TPSA) is 77.0 Å². The maximum atomic E-state index is 12.5. The Kier molecular flexibility index (Phi) is 10.5. The summed E-state index contributed by atoms with van der Waals surface area (Å²) < 4.78 is 37.0. The van der Waals surface area contributed by atoms with E-state index in [0.717, 1.165) is 50.3 Å². The van der Waals surface area contributed by atoms with Crippen LogP contribution in [0.5, 0.6) is 0 Å². The first-order chi connectivity index (χ1) is 12.3. The van der Waals surface area contributed by atoms with Gasteiger partial charge >= 0.3 is 6.18 Å². The van der Waals surface area contributed by atoms with Crippen molar-refractivity contribution in [2.24, 2.45) is 10.9 Å². The number of thioether (sulfide) groups is 1. The zero-order valence-corrected chi connectivity index (χ0v) is 18.4. The number of carbonyl (C=O) groups is 1. The van der Waals surface area contributed by atoms with Gasteiger partial charge in [0, 0.05) is 43.6 Å². The first-order valence-corrected chi connectivity index (χ1v) is 10.0. The number of alkyl halides is 3. The minimum atomic E-state index is -4.66. The van der Waals surface area contributed by atoms with E-state index < -0.39 is 18.8 Å². The van der Waals surface area contributed by atoms with Crippen LogP contribution in [0, 0.1) is 5.92 Å². The fourth-order valence-electron chi connectivity index (χ4n) is 3.22. The van der Waals surface area contributed by atoms with E-state index in [2.05, 4.69) is 15.6 Å². The number of aliphatic hydroxyl groups excluding tert-OH is 1. The van der Waals surface area contributed by atoms with E-state index in [1.54, 1.807) is 0 Å². The van der Waals surface area contributed by atoms with E-state index in [1.165, 1.54) is 7.05 Å². The van der Waals surface area contributed by atoms with Crippen LogP contribution in [0.3, 0.4) is 0 Å². The molecule has 0 aromatic rings. The molecule has 3 N–H and O–H groups in total. The molecule has 2 fully saturated rings. The van der Waals surface area contributed by atoms with Gasteiger partial charge in [0.15, 0.2) is 12.1 Å². The molecule has 0 aromatic heterocycles. The molecule has 2 aliphatic rings. The Morgan fingerprint density at radius 1 is 1.26 bits per heavy atom. The Bertz CT molecular complexity index is 497. The third-order valence-corrected chi connectivity index (χ3v) is 5.75. The first-order valence-electron chi connectivity index (χ1n) is 8.89. The molecule has 0 radical (unpaired) electrons. The van der Waals surface area contributed by atoms with Crippen LogP contribution in [0.25, 0.3) is 0 Å². The number of carbonyl (C=O) groups excluding carboxylic acids is 1. The average Bonchev–Trinajstić information content (AvgIpc) is 2.64. The quantitative estimate of drug-likeness (QED) is 0.297. The highest BCUT2D eigenvalue weighted by Crippen LogP contribution is 2.27. The largest absolute Gasteiger partial charge is 0.416 e. The van der Waals surface area contributed by atoms with E-state index >= 15 is 0 Å². The Hall–Kier alpha value is -0.430. The van der Waals surface area contributed by atoms with Crippen molar-refractivity contribution in [3.63, 3.8) is 0 Å². The highest BCUT2D eigenvalue weighted by atomic mass is 127. The fourth-order valence-corrected chi connectivity index (χ4v) is 4.13. The summed E-state index contributed by atoms with van der Waals surface area (Å²) in [5.41, 5.74) is 0. The highest BCUT2D eigenvalue weighted by molar-refractivity contribution is 14.0. The highest BCUT2D eigenvalue weighted by Gasteiger charge is 2.38. The molecule has 1 saturated carbocycles. The van der Waals surface area contributed by atoms with E-state index in [9.17, 15) is 18.0 Å². The number of guanidine groups is 1. The summed E-state index contributed by atoms with van der Waals surface area (Å²) in [6.45, 7) is 0.990. The molecule has 158 valence electrons. The molecule has 6 nitrogen and oxygen atoms in total. The first kappa shape index (κ1) is 24.6. The second kappa shape index (κ2) is 11.5. The molecule has 1 aliphatic heterocycles. The summed E-state index contributed by atoms with van der Waals surface area (Å²) in [5, 5.41) is 14.6. The van der Waals surface area contributed by atoms with E-state index in [1.807, 2.05) is 16.7 Å². The monoisotopic (exact) mass is 524 g/mol. The molecule has 0 bridgehead atoms. The van der Waals surface area contributed by atoms with Crippen LogP contribution in [0.15, 0.2) is 4.99 Å². The second-order valence-corrected chi connectivity index (χ2v) is 7.87. The van der Waals surface area contributed by atoms with Crippen molar-refractivity contribution >= 4 is 47.6 Å². The zero-order valence-electron chi connectivity index (χ0n) is 15.3.